The third-order valence-electron chi connectivity index (χ3n) is 5.02. The number of carbonyl (C=O) groups is 1. The van der Waals surface area contributed by atoms with E-state index in [1.807, 2.05) is 0 Å². The third-order valence-corrected chi connectivity index (χ3v) is 5.02. The van der Waals surface area contributed by atoms with Crippen molar-refractivity contribution in [3.63, 3.8) is 0 Å². The van der Waals surface area contributed by atoms with Crippen molar-refractivity contribution in [3.05, 3.63) is 0 Å². The summed E-state index contributed by atoms with van der Waals surface area (Å²) in [5.41, 5.74) is -1.74. The van der Waals surface area contributed by atoms with E-state index < -0.39 is 17.0 Å². The average Bonchev–Trinajstić information content (AvgIpc) is 2.16. The molecule has 2 aliphatic carbocycles. The van der Waals surface area contributed by atoms with Gasteiger partial charge in [-0.3, -0.25) is 4.79 Å². The quantitative estimate of drug-likeness (QED) is 0.777. The van der Waals surface area contributed by atoms with Gasteiger partial charge >= 0.3 is 5.97 Å². The highest BCUT2D eigenvalue weighted by molar-refractivity contribution is 5.77. The molecule has 2 aliphatic rings. The number of hydrogen-bond acceptors (Lipinski definition) is 2. The van der Waals surface area contributed by atoms with Gasteiger partial charge in [0.1, 0.15) is 0 Å². The number of hydrogen-bond donors (Lipinski definition) is 2. The number of rotatable bonds is 3. The minimum atomic E-state index is -0.928. The first-order valence-electron chi connectivity index (χ1n) is 6.50. The maximum absolute atomic E-state index is 11.4. The van der Waals surface area contributed by atoms with E-state index in [2.05, 4.69) is 6.92 Å². The lowest BCUT2D eigenvalue weighted by molar-refractivity contribution is -0.192. The molecule has 0 amide bonds. The largest absolute Gasteiger partial charge is 0.481 e. The zero-order valence-electron chi connectivity index (χ0n) is 10.0. The van der Waals surface area contributed by atoms with Gasteiger partial charge in [0.25, 0.3) is 0 Å². The van der Waals surface area contributed by atoms with Crippen molar-refractivity contribution >= 4 is 5.97 Å². The van der Waals surface area contributed by atoms with E-state index in [4.69, 9.17) is 0 Å². The molecule has 16 heavy (non-hydrogen) atoms. The summed E-state index contributed by atoms with van der Waals surface area (Å²) in [6.45, 7) is 2.17. The fourth-order valence-electron chi connectivity index (χ4n) is 3.45. The van der Waals surface area contributed by atoms with E-state index >= 15 is 0 Å². The zero-order chi connectivity index (χ0) is 11.8. The van der Waals surface area contributed by atoms with Gasteiger partial charge in [-0.2, -0.15) is 0 Å². The van der Waals surface area contributed by atoms with Crippen LogP contribution in [0.5, 0.6) is 0 Å². The normalized spacial score (nSPS) is 37.8. The molecule has 0 saturated heterocycles. The summed E-state index contributed by atoms with van der Waals surface area (Å²) < 4.78 is 0. The minimum Gasteiger partial charge on any atom is -0.481 e. The van der Waals surface area contributed by atoms with Crippen LogP contribution in [0.1, 0.15) is 58.3 Å². The van der Waals surface area contributed by atoms with Gasteiger partial charge in [0.05, 0.1) is 11.0 Å². The second-order valence-electron chi connectivity index (χ2n) is 5.62. The van der Waals surface area contributed by atoms with Gasteiger partial charge in [-0.25, -0.2) is 0 Å². The topological polar surface area (TPSA) is 57.5 Å². The van der Waals surface area contributed by atoms with Crippen LogP contribution in [0, 0.1) is 11.3 Å². The molecule has 0 aromatic rings. The SMILES string of the molecule is CCC1CCC(O)(C2(C(=O)O)CCC2)CC1. The molecule has 0 atom stereocenters. The fourth-order valence-corrected chi connectivity index (χ4v) is 3.45. The molecule has 0 aromatic carbocycles. The first-order chi connectivity index (χ1) is 7.54. The number of carboxylic acid groups (broad SMARTS) is 1. The highest BCUT2D eigenvalue weighted by Gasteiger charge is 2.59. The van der Waals surface area contributed by atoms with Crippen molar-refractivity contribution in [1.29, 1.82) is 0 Å². The lowest BCUT2D eigenvalue weighted by atomic mass is 9.54. The molecule has 0 aliphatic heterocycles. The molecule has 0 spiro atoms. The van der Waals surface area contributed by atoms with E-state index in [1.54, 1.807) is 0 Å². The van der Waals surface area contributed by atoms with Crippen LogP contribution in [0.15, 0.2) is 0 Å². The van der Waals surface area contributed by atoms with Crippen molar-refractivity contribution in [1.82, 2.24) is 0 Å². The van der Waals surface area contributed by atoms with Crippen molar-refractivity contribution in [2.24, 2.45) is 11.3 Å². The highest BCUT2D eigenvalue weighted by Crippen LogP contribution is 2.55. The monoisotopic (exact) mass is 226 g/mol. The van der Waals surface area contributed by atoms with Gasteiger partial charge in [0.15, 0.2) is 0 Å². The molecular formula is C13H22O3. The summed E-state index contributed by atoms with van der Waals surface area (Å²) in [6.07, 6.45) is 6.76. The average molecular weight is 226 g/mol. The summed E-state index contributed by atoms with van der Waals surface area (Å²) >= 11 is 0. The first-order valence-corrected chi connectivity index (χ1v) is 6.50. The molecule has 0 radical (unpaired) electrons. The van der Waals surface area contributed by atoms with Crippen molar-refractivity contribution in [2.75, 3.05) is 0 Å². The molecule has 2 fully saturated rings. The maximum atomic E-state index is 11.4. The predicted octanol–water partition coefficient (Wildman–Crippen LogP) is 2.57. The molecule has 0 aromatic heterocycles. The van der Waals surface area contributed by atoms with Crippen LogP contribution in [-0.4, -0.2) is 21.8 Å². The van der Waals surface area contributed by atoms with Crippen LogP contribution in [0.2, 0.25) is 0 Å². The first kappa shape index (κ1) is 11.9. The molecule has 0 bridgehead atoms. The van der Waals surface area contributed by atoms with Gasteiger partial charge in [-0.05, 0) is 44.4 Å². The molecule has 3 heteroatoms. The maximum Gasteiger partial charge on any atom is 0.312 e. The highest BCUT2D eigenvalue weighted by atomic mass is 16.4. The molecule has 92 valence electrons. The molecule has 2 saturated carbocycles. The Morgan fingerprint density at radius 1 is 1.25 bits per heavy atom. The van der Waals surface area contributed by atoms with Gasteiger partial charge < -0.3 is 10.2 Å². The van der Waals surface area contributed by atoms with E-state index in [1.165, 1.54) is 0 Å². The summed E-state index contributed by atoms with van der Waals surface area (Å²) in [7, 11) is 0. The smallest absolute Gasteiger partial charge is 0.312 e. The second kappa shape index (κ2) is 4.02. The standard InChI is InChI=1S/C13H22O3/c1-2-10-4-8-13(16,9-5-10)12(11(14)15)6-3-7-12/h10,16H,2-9H2,1H3,(H,14,15). The van der Waals surface area contributed by atoms with E-state index in [9.17, 15) is 15.0 Å². The Morgan fingerprint density at radius 2 is 1.81 bits per heavy atom. The Kier molecular flexibility index (Phi) is 2.99. The van der Waals surface area contributed by atoms with Crippen LogP contribution >= 0.6 is 0 Å². The van der Waals surface area contributed by atoms with Gasteiger partial charge in [-0.1, -0.05) is 19.8 Å². The predicted molar refractivity (Wildman–Crippen MR) is 61.1 cm³/mol. The second-order valence-corrected chi connectivity index (χ2v) is 5.62. The summed E-state index contributed by atoms with van der Waals surface area (Å²) in [4.78, 5) is 11.4. The van der Waals surface area contributed by atoms with Crippen LogP contribution in [0.25, 0.3) is 0 Å². The molecule has 2 N–H and O–H groups in total. The summed E-state index contributed by atoms with van der Waals surface area (Å²) in [5, 5.41) is 20.0. The van der Waals surface area contributed by atoms with E-state index in [0.717, 1.165) is 25.7 Å². The minimum absolute atomic E-state index is 0.662. The lowest BCUT2D eigenvalue weighted by Gasteiger charge is -2.52. The lowest BCUT2D eigenvalue weighted by Crippen LogP contribution is -2.58. The van der Waals surface area contributed by atoms with Crippen LogP contribution in [0.3, 0.4) is 0 Å². The van der Waals surface area contributed by atoms with Crippen molar-refractivity contribution in [2.45, 2.75) is 63.9 Å². The van der Waals surface area contributed by atoms with Gasteiger partial charge in [-0.15, -0.1) is 0 Å². The van der Waals surface area contributed by atoms with Crippen LogP contribution in [-0.2, 0) is 4.79 Å². The Hall–Kier alpha value is -0.570. The van der Waals surface area contributed by atoms with Crippen molar-refractivity contribution in [3.8, 4) is 0 Å². The van der Waals surface area contributed by atoms with E-state index in [-0.39, 0.29) is 0 Å². The molecular weight excluding hydrogens is 204 g/mol. The number of aliphatic hydroxyl groups is 1. The molecule has 3 nitrogen and oxygen atoms in total. The summed E-state index contributed by atoms with van der Waals surface area (Å²) in [5.74, 6) is -0.0950. The number of carboxylic acids is 1. The summed E-state index contributed by atoms with van der Waals surface area (Å²) in [6, 6.07) is 0. The Bertz CT molecular complexity index is 273. The fraction of sp³-hybridized carbons (Fsp3) is 0.923. The Balaban J connectivity index is 2.11. The van der Waals surface area contributed by atoms with Crippen LogP contribution < -0.4 is 0 Å². The van der Waals surface area contributed by atoms with Gasteiger partial charge in [0, 0.05) is 0 Å². The Morgan fingerprint density at radius 3 is 2.12 bits per heavy atom. The van der Waals surface area contributed by atoms with Crippen molar-refractivity contribution < 1.29 is 15.0 Å². The molecule has 2 rings (SSSR count). The van der Waals surface area contributed by atoms with E-state index in [0.29, 0.717) is 31.6 Å². The Labute approximate surface area is 96.9 Å². The number of aliphatic carboxylic acids is 1. The zero-order valence-corrected chi connectivity index (χ0v) is 10.0. The third kappa shape index (κ3) is 1.56. The molecule has 0 unspecified atom stereocenters. The van der Waals surface area contributed by atoms with Gasteiger partial charge in [0.2, 0.25) is 0 Å². The molecule has 0 heterocycles. The van der Waals surface area contributed by atoms with Crippen LogP contribution in [0.4, 0.5) is 0 Å².